The topological polar surface area (TPSA) is 44.8 Å². The molecule has 19 heavy (non-hydrogen) atoms. The van der Waals surface area contributed by atoms with Crippen LogP contribution in [-0.2, 0) is 24.7 Å². The highest BCUT2D eigenvalue weighted by molar-refractivity contribution is 7.48. The Morgan fingerprint density at radius 3 is 2.05 bits per heavy atom. The fourth-order valence-corrected chi connectivity index (χ4v) is 2.34. The molecular weight excluding hydrogens is 263 g/mol. The minimum absolute atomic E-state index is 0.0995. The summed E-state index contributed by atoms with van der Waals surface area (Å²) in [6, 6.07) is 7.72. The summed E-state index contributed by atoms with van der Waals surface area (Å²) in [6.07, 6.45) is 2.97. The zero-order chi connectivity index (χ0) is 14.1. The van der Waals surface area contributed by atoms with E-state index in [9.17, 15) is 4.57 Å². The first-order valence-electron chi connectivity index (χ1n) is 5.90. The minimum Gasteiger partial charge on any atom is -0.283 e. The number of phosphoric acid groups is 1. The van der Waals surface area contributed by atoms with Gasteiger partial charge in [-0.2, -0.15) is 0 Å². The third-order valence-electron chi connectivity index (χ3n) is 2.21. The van der Waals surface area contributed by atoms with Crippen LogP contribution in [0.1, 0.15) is 11.1 Å². The van der Waals surface area contributed by atoms with Gasteiger partial charge in [0, 0.05) is 0 Å². The van der Waals surface area contributed by atoms with Crippen molar-refractivity contribution in [3.8, 4) is 0 Å². The normalized spacial score (nSPS) is 11.2. The second-order valence-corrected chi connectivity index (χ2v) is 5.54. The number of aryl methyl sites for hydroxylation is 1. The van der Waals surface area contributed by atoms with E-state index in [2.05, 4.69) is 13.2 Å². The van der Waals surface area contributed by atoms with Crippen molar-refractivity contribution in [2.45, 2.75) is 13.5 Å². The van der Waals surface area contributed by atoms with E-state index in [1.165, 1.54) is 12.2 Å². The molecule has 0 spiro atoms. The predicted molar refractivity (Wildman–Crippen MR) is 75.9 cm³/mol. The number of benzene rings is 1. The van der Waals surface area contributed by atoms with Crippen LogP contribution in [0, 0.1) is 6.92 Å². The summed E-state index contributed by atoms with van der Waals surface area (Å²) in [5.41, 5.74) is 2.05. The monoisotopic (exact) mass is 282 g/mol. The molecule has 5 heteroatoms. The van der Waals surface area contributed by atoms with Crippen molar-refractivity contribution in [2.24, 2.45) is 0 Å². The summed E-state index contributed by atoms with van der Waals surface area (Å²) in [5, 5.41) is 0. The van der Waals surface area contributed by atoms with Gasteiger partial charge in [0.25, 0.3) is 0 Å². The van der Waals surface area contributed by atoms with Crippen molar-refractivity contribution in [3.05, 3.63) is 60.7 Å². The molecular formula is C14H19O4P. The molecule has 0 aliphatic rings. The van der Waals surface area contributed by atoms with Gasteiger partial charge >= 0.3 is 7.82 Å². The van der Waals surface area contributed by atoms with E-state index in [4.69, 9.17) is 13.6 Å². The molecule has 1 aromatic carbocycles. The molecule has 0 radical (unpaired) electrons. The van der Waals surface area contributed by atoms with Crippen molar-refractivity contribution in [3.63, 3.8) is 0 Å². The first-order chi connectivity index (χ1) is 9.09. The average molecular weight is 282 g/mol. The Balaban J connectivity index is 2.60. The van der Waals surface area contributed by atoms with Crippen molar-refractivity contribution in [2.75, 3.05) is 13.2 Å². The minimum atomic E-state index is -3.57. The van der Waals surface area contributed by atoms with E-state index < -0.39 is 7.82 Å². The summed E-state index contributed by atoms with van der Waals surface area (Å²) in [4.78, 5) is 0. The van der Waals surface area contributed by atoms with Crippen LogP contribution in [0.5, 0.6) is 0 Å². The van der Waals surface area contributed by atoms with Crippen LogP contribution < -0.4 is 0 Å². The number of hydrogen-bond donors (Lipinski definition) is 0. The zero-order valence-electron chi connectivity index (χ0n) is 11.1. The molecule has 1 aromatic rings. The Morgan fingerprint density at radius 1 is 1.05 bits per heavy atom. The van der Waals surface area contributed by atoms with Crippen LogP contribution >= 0.6 is 7.82 Å². The fraction of sp³-hybridized carbons (Fsp3) is 0.286. The summed E-state index contributed by atoms with van der Waals surface area (Å²) < 4.78 is 27.6. The van der Waals surface area contributed by atoms with Crippen molar-refractivity contribution < 1.29 is 18.1 Å². The molecule has 0 aliphatic carbocycles. The maximum Gasteiger partial charge on any atom is 0.475 e. The summed E-state index contributed by atoms with van der Waals surface area (Å²) in [7, 11) is -3.57. The van der Waals surface area contributed by atoms with Crippen LogP contribution in [0.4, 0.5) is 0 Å². The van der Waals surface area contributed by atoms with Crippen molar-refractivity contribution in [1.82, 2.24) is 0 Å². The first-order valence-corrected chi connectivity index (χ1v) is 7.36. The van der Waals surface area contributed by atoms with Crippen molar-refractivity contribution in [1.29, 1.82) is 0 Å². The number of phosphoric ester groups is 1. The molecule has 1 rings (SSSR count). The van der Waals surface area contributed by atoms with Gasteiger partial charge in [-0.25, -0.2) is 4.57 Å². The van der Waals surface area contributed by atoms with Gasteiger partial charge < -0.3 is 0 Å². The summed E-state index contributed by atoms with van der Waals surface area (Å²) in [5.74, 6) is 0. The van der Waals surface area contributed by atoms with Crippen LogP contribution in [-0.4, -0.2) is 13.2 Å². The highest BCUT2D eigenvalue weighted by atomic mass is 31.2. The Kier molecular flexibility index (Phi) is 6.74. The maximum atomic E-state index is 12.2. The molecule has 0 amide bonds. The zero-order valence-corrected chi connectivity index (χ0v) is 12.0. The lowest BCUT2D eigenvalue weighted by Crippen LogP contribution is -2.01. The lowest BCUT2D eigenvalue weighted by Gasteiger charge is -2.16. The molecule has 0 heterocycles. The van der Waals surface area contributed by atoms with E-state index in [1.807, 2.05) is 31.2 Å². The molecule has 104 valence electrons. The van der Waals surface area contributed by atoms with Crippen LogP contribution in [0.15, 0.2) is 49.6 Å². The van der Waals surface area contributed by atoms with Gasteiger partial charge in [-0.1, -0.05) is 42.0 Å². The van der Waals surface area contributed by atoms with E-state index in [1.54, 1.807) is 0 Å². The van der Waals surface area contributed by atoms with Gasteiger partial charge in [-0.15, -0.1) is 13.2 Å². The molecule has 0 fully saturated rings. The molecule has 0 saturated heterocycles. The highest BCUT2D eigenvalue weighted by Crippen LogP contribution is 2.50. The van der Waals surface area contributed by atoms with Crippen LogP contribution in [0.25, 0.3) is 0 Å². The smallest absolute Gasteiger partial charge is 0.283 e. The van der Waals surface area contributed by atoms with Gasteiger partial charge in [-0.3, -0.25) is 13.6 Å². The maximum absolute atomic E-state index is 12.2. The van der Waals surface area contributed by atoms with Gasteiger partial charge in [-0.05, 0) is 12.5 Å². The molecule has 0 unspecified atom stereocenters. The molecule has 0 aromatic heterocycles. The standard InChI is InChI=1S/C14H19O4P/c1-4-10-16-19(15,17-11-5-2)18-12-14-8-6-13(3)7-9-14/h4-9H,1-2,10-12H2,3H3. The number of hydrogen-bond acceptors (Lipinski definition) is 4. The van der Waals surface area contributed by atoms with E-state index in [-0.39, 0.29) is 19.8 Å². The van der Waals surface area contributed by atoms with Crippen LogP contribution in [0.2, 0.25) is 0 Å². The van der Waals surface area contributed by atoms with Crippen molar-refractivity contribution >= 4 is 7.82 Å². The van der Waals surface area contributed by atoms with Crippen LogP contribution in [0.3, 0.4) is 0 Å². The largest absolute Gasteiger partial charge is 0.475 e. The highest BCUT2D eigenvalue weighted by Gasteiger charge is 2.25. The third-order valence-corrected chi connectivity index (χ3v) is 3.59. The molecule has 0 aliphatic heterocycles. The van der Waals surface area contributed by atoms with E-state index >= 15 is 0 Å². The van der Waals surface area contributed by atoms with Gasteiger partial charge in [0.2, 0.25) is 0 Å². The van der Waals surface area contributed by atoms with E-state index in [0.29, 0.717) is 0 Å². The summed E-state index contributed by atoms with van der Waals surface area (Å²) in [6.45, 7) is 9.34. The molecule has 0 atom stereocenters. The second-order valence-electron chi connectivity index (χ2n) is 3.88. The number of rotatable bonds is 9. The third kappa shape index (κ3) is 5.99. The Bertz CT molecular complexity index is 437. The molecule has 0 bridgehead atoms. The van der Waals surface area contributed by atoms with Gasteiger partial charge in [0.15, 0.2) is 0 Å². The Hall–Kier alpha value is -1.19. The summed E-state index contributed by atoms with van der Waals surface area (Å²) >= 11 is 0. The lowest BCUT2D eigenvalue weighted by atomic mass is 10.2. The Morgan fingerprint density at radius 2 is 1.58 bits per heavy atom. The first kappa shape index (κ1) is 15.9. The Labute approximate surface area is 114 Å². The lowest BCUT2D eigenvalue weighted by molar-refractivity contribution is 0.125. The fourth-order valence-electron chi connectivity index (χ4n) is 1.24. The molecule has 0 N–H and O–H groups in total. The predicted octanol–water partition coefficient (Wildman–Crippen LogP) is 4.02. The van der Waals surface area contributed by atoms with E-state index in [0.717, 1.165) is 11.1 Å². The molecule has 4 nitrogen and oxygen atoms in total. The van der Waals surface area contributed by atoms with Gasteiger partial charge in [0.05, 0.1) is 19.8 Å². The second kappa shape index (κ2) is 8.08. The molecule has 0 saturated carbocycles. The average Bonchev–Trinajstić information content (AvgIpc) is 2.43. The van der Waals surface area contributed by atoms with Gasteiger partial charge in [0.1, 0.15) is 0 Å². The SMILES string of the molecule is C=CCOP(=O)(OCC=C)OCc1ccc(C)cc1. The quantitative estimate of drug-likeness (QED) is 0.507.